The summed E-state index contributed by atoms with van der Waals surface area (Å²) in [6.45, 7) is 1.48. The van der Waals surface area contributed by atoms with Gasteiger partial charge in [-0.1, -0.05) is 30.7 Å². The maximum atomic E-state index is 12.4. The Bertz CT molecular complexity index is 2530. The van der Waals surface area contributed by atoms with E-state index in [9.17, 15) is 60.7 Å². The molecular weight excluding hydrogens is 860 g/mol. The first-order chi connectivity index (χ1) is 30.9. The minimum Gasteiger partial charge on any atom is -0.462 e. The van der Waals surface area contributed by atoms with E-state index in [4.69, 9.17) is 37.3 Å². The van der Waals surface area contributed by atoms with Crippen molar-refractivity contribution in [1.82, 2.24) is 0 Å². The average Bonchev–Trinajstić information content (AvgIpc) is 3.58. The van der Waals surface area contributed by atoms with Crippen molar-refractivity contribution in [3.05, 3.63) is 98.2 Å². The number of allylic oxidation sites excluding steroid dienone is 3. The Hall–Kier alpha value is -4.62. The molecule has 20 heteroatoms. The third kappa shape index (κ3) is 9.25. The summed E-state index contributed by atoms with van der Waals surface area (Å²) in [5.41, 5.74) is -1.81. The van der Waals surface area contributed by atoms with Crippen molar-refractivity contribution in [2.45, 2.75) is 112 Å². The van der Waals surface area contributed by atoms with Crippen LogP contribution in [0.5, 0.6) is 11.5 Å². The van der Waals surface area contributed by atoms with E-state index in [1.54, 1.807) is 30.3 Å². The van der Waals surface area contributed by atoms with Gasteiger partial charge in [0.2, 0.25) is 12.6 Å². The lowest BCUT2D eigenvalue weighted by Gasteiger charge is -2.42. The van der Waals surface area contributed by atoms with Crippen LogP contribution in [0.4, 0.5) is 0 Å². The predicted molar refractivity (Wildman–Crippen MR) is 223 cm³/mol. The molecule has 20 nitrogen and oxygen atoms in total. The van der Waals surface area contributed by atoms with Gasteiger partial charge in [-0.2, -0.15) is 0 Å². The Morgan fingerprint density at radius 3 is 1.94 bits per heavy atom. The molecule has 15 atom stereocenters. The van der Waals surface area contributed by atoms with Gasteiger partial charge >= 0.3 is 11.3 Å². The fourth-order valence-corrected chi connectivity index (χ4v) is 8.59. The summed E-state index contributed by atoms with van der Waals surface area (Å²) in [6, 6.07) is 11.9. The van der Waals surface area contributed by atoms with Gasteiger partial charge in [-0.05, 0) is 49.4 Å². The molecule has 4 aliphatic rings. The van der Waals surface area contributed by atoms with Crippen molar-refractivity contribution in [1.29, 1.82) is 0 Å². The maximum absolute atomic E-state index is 12.4. The lowest BCUT2D eigenvalue weighted by molar-refractivity contribution is -0.289. The van der Waals surface area contributed by atoms with E-state index in [0.29, 0.717) is 34.7 Å². The molecule has 0 unspecified atom stereocenters. The molecule has 65 heavy (non-hydrogen) atoms. The number of aliphatic hydroxyl groups excluding tert-OH is 9. The second-order valence-electron chi connectivity index (χ2n) is 17.4. The second-order valence-corrected chi connectivity index (χ2v) is 17.4. The fraction of sp³-hybridized carbons (Fsp3) is 0.511. The zero-order valence-corrected chi connectivity index (χ0v) is 35.2. The molecule has 0 bridgehead atoms. The van der Waals surface area contributed by atoms with Crippen LogP contribution in [0.15, 0.2) is 84.7 Å². The zero-order chi connectivity index (χ0) is 46.5. The third-order valence-corrected chi connectivity index (χ3v) is 12.7. The van der Waals surface area contributed by atoms with Gasteiger partial charge in [0.05, 0.1) is 26.4 Å². The summed E-state index contributed by atoms with van der Waals surface area (Å²) >= 11 is 0. The summed E-state index contributed by atoms with van der Waals surface area (Å²) in [5, 5.41) is 106. The highest BCUT2D eigenvalue weighted by Crippen LogP contribution is 2.51. The van der Waals surface area contributed by atoms with Crippen LogP contribution < -0.4 is 20.7 Å². The van der Waals surface area contributed by atoms with Crippen LogP contribution in [-0.2, 0) is 18.9 Å². The molecule has 2 aromatic carbocycles. The molecule has 2 aromatic heterocycles. The molecule has 0 radical (unpaired) electrons. The molecule has 4 aromatic rings. The lowest BCUT2D eigenvalue weighted by atomic mass is 9.66. The van der Waals surface area contributed by atoms with Crippen LogP contribution in [0.2, 0.25) is 0 Å². The Balaban J connectivity index is 1.14. The van der Waals surface area contributed by atoms with Crippen molar-refractivity contribution in [3.8, 4) is 11.5 Å². The molecular formula is C45H52O20. The van der Waals surface area contributed by atoms with E-state index >= 15 is 0 Å². The van der Waals surface area contributed by atoms with Crippen LogP contribution in [0.1, 0.15) is 43.7 Å². The van der Waals surface area contributed by atoms with E-state index in [1.807, 2.05) is 26.0 Å². The highest BCUT2D eigenvalue weighted by molar-refractivity contribution is 5.83. The van der Waals surface area contributed by atoms with Gasteiger partial charge < -0.3 is 88.3 Å². The number of hydrogen-bond donors (Lipinski definition) is 10. The van der Waals surface area contributed by atoms with E-state index in [1.165, 1.54) is 24.3 Å². The normalized spacial score (nSPS) is 36.6. The van der Waals surface area contributed by atoms with Gasteiger partial charge in [0.25, 0.3) is 0 Å². The summed E-state index contributed by atoms with van der Waals surface area (Å²) in [6.07, 6.45) is -12.5. The first kappa shape index (κ1) is 46.9. The smallest absolute Gasteiger partial charge is 0.336 e. The third-order valence-electron chi connectivity index (χ3n) is 12.7. The van der Waals surface area contributed by atoms with E-state index in [2.05, 4.69) is 0 Å². The first-order valence-electron chi connectivity index (χ1n) is 21.0. The molecule has 8 rings (SSSR count). The Kier molecular flexibility index (Phi) is 13.4. The minimum atomic E-state index is -1.99. The Morgan fingerprint density at radius 2 is 1.32 bits per heavy atom. The maximum Gasteiger partial charge on any atom is 0.336 e. The zero-order valence-electron chi connectivity index (χ0n) is 35.2. The van der Waals surface area contributed by atoms with Crippen molar-refractivity contribution in [2.24, 2.45) is 5.41 Å². The van der Waals surface area contributed by atoms with Crippen molar-refractivity contribution in [2.75, 3.05) is 26.4 Å². The molecule has 0 amide bonds. The number of ether oxygens (including phenoxy) is 6. The van der Waals surface area contributed by atoms with Gasteiger partial charge in [0.1, 0.15) is 83.2 Å². The predicted octanol–water partition coefficient (Wildman–Crippen LogP) is -0.735. The highest BCUT2D eigenvalue weighted by Gasteiger charge is 2.51. The van der Waals surface area contributed by atoms with E-state index in [-0.39, 0.29) is 22.7 Å². The fourth-order valence-electron chi connectivity index (χ4n) is 8.59. The Labute approximate surface area is 369 Å². The number of rotatable bonds is 12. The molecule has 0 spiro atoms. The van der Waals surface area contributed by atoms with Gasteiger partial charge in [0.15, 0.2) is 6.29 Å². The minimum absolute atomic E-state index is 0.0562. The van der Waals surface area contributed by atoms with Gasteiger partial charge in [0, 0.05) is 52.1 Å². The monoisotopic (exact) mass is 912 g/mol. The van der Waals surface area contributed by atoms with Crippen molar-refractivity contribution < 1.29 is 88.3 Å². The van der Waals surface area contributed by atoms with Crippen molar-refractivity contribution >= 4 is 28.0 Å². The van der Waals surface area contributed by atoms with E-state index in [0.717, 1.165) is 5.57 Å². The lowest BCUT2D eigenvalue weighted by Crippen LogP contribution is -2.60. The van der Waals surface area contributed by atoms with Gasteiger partial charge in [-0.3, -0.25) is 0 Å². The van der Waals surface area contributed by atoms with Crippen LogP contribution in [0.3, 0.4) is 0 Å². The number of hydrogen-bond acceptors (Lipinski definition) is 20. The summed E-state index contributed by atoms with van der Waals surface area (Å²) in [4.78, 5) is 24.6. The average molecular weight is 913 g/mol. The molecule has 1 aliphatic carbocycles. The molecule has 3 saturated heterocycles. The molecule has 352 valence electrons. The molecule has 10 N–H and O–H groups in total. The van der Waals surface area contributed by atoms with Crippen molar-refractivity contribution in [3.63, 3.8) is 0 Å². The summed E-state index contributed by atoms with van der Waals surface area (Å²) in [7, 11) is 0. The van der Waals surface area contributed by atoms with Gasteiger partial charge in [-0.15, -0.1) is 0 Å². The second kappa shape index (κ2) is 18.6. The number of aliphatic hydroxyl groups is 10. The molecule has 3 fully saturated rings. The molecule has 0 saturated carbocycles. The number of fused-ring (bicyclic) bond motifs is 2. The highest BCUT2D eigenvalue weighted by atomic mass is 16.7. The Morgan fingerprint density at radius 1 is 0.738 bits per heavy atom. The summed E-state index contributed by atoms with van der Waals surface area (Å²) < 4.78 is 45.9. The first-order valence-corrected chi connectivity index (χ1v) is 21.0. The van der Waals surface area contributed by atoms with E-state index < -0.39 is 128 Å². The van der Waals surface area contributed by atoms with Crippen LogP contribution in [0.25, 0.3) is 28.0 Å². The van der Waals surface area contributed by atoms with Crippen LogP contribution in [-0.4, -0.2) is 157 Å². The SMILES string of the molecule is CC1=C[C@@H](c2cc3ccc(=O)oc3cc2O[C@@H]2O[C@H](CO[C@@H]3OC[C@](O)(CO)[C@H]3O)[C@@H](O)[C@H](O)[C@H]2O)[C@@](C)(/C=C\c2cc3ccc(=O)oc3cc2O[C@@H]2O[C@H](CO)[C@@H](O)[C@H](O)[C@H]2O)CC1. The number of benzene rings is 2. The quantitative estimate of drug-likeness (QED) is 0.0618. The molecule has 3 aliphatic heterocycles. The molecule has 5 heterocycles. The summed E-state index contributed by atoms with van der Waals surface area (Å²) in [5.74, 6) is -0.390. The van der Waals surface area contributed by atoms with Crippen LogP contribution in [0, 0.1) is 5.41 Å². The standard InChI is InChI=1S/C45H52O20/c1-20-7-9-44(2,10-8-23-12-21-3-5-32(48)60-26(21)14-28(23)62-41-38(54)36(52)34(50)30(16-46)64-41)25(11-20)24-13-22-4-6-33(49)61-27(22)15-29(24)63-42-39(55)37(53)35(51)31(65-42)17-58-43-40(56)45(57,18-47)19-59-43/h3-6,8,10-15,25,30-31,34-43,46-47,50-57H,7,9,16-19H2,1-2H3/b10-8-/t25-,30+,31+,34+,35+,36-,37-,38+,39+,40-,41+,42+,43+,44+,45+/m0/s1. The largest absolute Gasteiger partial charge is 0.462 e. The van der Waals surface area contributed by atoms with Gasteiger partial charge in [-0.25, -0.2) is 9.59 Å². The van der Waals surface area contributed by atoms with Crippen LogP contribution >= 0.6 is 0 Å². The topological polar surface area (TPSA) is 318 Å².